The molecule has 10 heavy (non-hydrogen) atoms. The van der Waals surface area contributed by atoms with E-state index in [1.54, 1.807) is 12.1 Å². The van der Waals surface area contributed by atoms with Crippen LogP contribution >= 0.6 is 0 Å². The van der Waals surface area contributed by atoms with Crippen LogP contribution in [0, 0.1) is 6.07 Å². The minimum absolute atomic E-state index is 0.601. The summed E-state index contributed by atoms with van der Waals surface area (Å²) >= 11 is 0. The molecule has 0 saturated carbocycles. The smallest absolute Gasteiger partial charge is 0.0634 e. The number of hydrogen-bond acceptors (Lipinski definition) is 2. The van der Waals surface area contributed by atoms with Gasteiger partial charge in [-0.1, -0.05) is 12.1 Å². The van der Waals surface area contributed by atoms with Gasteiger partial charge in [0.2, 0.25) is 0 Å². The zero-order chi connectivity index (χ0) is 7.40. The van der Waals surface area contributed by atoms with E-state index in [-0.39, 0.29) is 0 Å². The first-order chi connectivity index (χ1) is 4.84. The Bertz CT molecular complexity index is 186. The maximum absolute atomic E-state index is 9.15. The minimum Gasteiger partial charge on any atom is -0.288 e. The van der Waals surface area contributed by atoms with Gasteiger partial charge in [-0.05, 0) is 25.1 Å². The lowest BCUT2D eigenvalue weighted by atomic mass is 10.3. The number of rotatable bonds is 2. The Labute approximate surface area is 60.7 Å². The summed E-state index contributed by atoms with van der Waals surface area (Å²) in [6, 6.07) is 10.0. The molecule has 0 aromatic heterocycles. The van der Waals surface area contributed by atoms with Gasteiger partial charge in [0.05, 0.1) is 5.69 Å². The Hall–Kier alpha value is -1.02. The topological polar surface area (TPSA) is 23.5 Å². The first-order valence-corrected chi connectivity index (χ1v) is 3.27. The summed E-state index contributed by atoms with van der Waals surface area (Å²) in [7, 11) is 0. The third-order valence-corrected chi connectivity index (χ3v) is 1.30. The highest BCUT2D eigenvalue weighted by Crippen LogP contribution is 2.08. The van der Waals surface area contributed by atoms with E-state index in [9.17, 15) is 0 Å². The molecule has 1 aromatic carbocycles. The van der Waals surface area contributed by atoms with Gasteiger partial charge >= 0.3 is 0 Å². The largest absolute Gasteiger partial charge is 0.288 e. The van der Waals surface area contributed by atoms with Gasteiger partial charge in [-0.25, -0.2) is 0 Å². The summed E-state index contributed by atoms with van der Waals surface area (Å²) in [5.41, 5.74) is 0.807. The fraction of sp³-hybridized carbons (Fsp3) is 0.250. The van der Waals surface area contributed by atoms with Crippen molar-refractivity contribution in [1.82, 2.24) is 0 Å². The van der Waals surface area contributed by atoms with Crippen molar-refractivity contribution in [3.05, 3.63) is 30.3 Å². The van der Waals surface area contributed by atoms with Crippen molar-refractivity contribution >= 4 is 5.69 Å². The predicted molar refractivity (Wildman–Crippen MR) is 40.1 cm³/mol. The lowest BCUT2D eigenvalue weighted by molar-refractivity contribution is 0.260. The molecule has 0 unspecified atom stereocenters. The lowest BCUT2D eigenvalue weighted by Crippen LogP contribution is -2.16. The average Bonchev–Trinajstić information content (AvgIpc) is 2.05. The second-order valence-electron chi connectivity index (χ2n) is 1.97. The highest BCUT2D eigenvalue weighted by atomic mass is 16.5. The lowest BCUT2D eigenvalue weighted by Gasteiger charge is -2.12. The summed E-state index contributed by atoms with van der Waals surface area (Å²) in [4.78, 5) is 0. The van der Waals surface area contributed by atoms with Gasteiger partial charge in [0, 0.05) is 6.54 Å². The number of nitrogens with zero attached hydrogens (tertiary/aromatic N) is 1. The molecule has 0 aliphatic rings. The van der Waals surface area contributed by atoms with Crippen molar-refractivity contribution < 1.29 is 5.21 Å². The van der Waals surface area contributed by atoms with Crippen LogP contribution in [0.5, 0.6) is 0 Å². The molecule has 1 radical (unpaired) electrons. The van der Waals surface area contributed by atoms with Crippen LogP contribution in [0.1, 0.15) is 6.92 Å². The molecule has 1 N–H and O–H groups in total. The van der Waals surface area contributed by atoms with E-state index in [1.165, 1.54) is 5.06 Å². The number of anilines is 1. The summed E-state index contributed by atoms with van der Waals surface area (Å²) in [5.74, 6) is 0. The molecule has 53 valence electrons. The van der Waals surface area contributed by atoms with Crippen molar-refractivity contribution in [2.24, 2.45) is 0 Å². The molecule has 2 heteroatoms. The molecule has 0 saturated heterocycles. The van der Waals surface area contributed by atoms with Gasteiger partial charge in [0.25, 0.3) is 0 Å². The molecule has 0 aliphatic carbocycles. The van der Waals surface area contributed by atoms with Crippen LogP contribution in [-0.2, 0) is 0 Å². The SMILES string of the molecule is CCN(O)c1cc[c]cc1. The standard InChI is InChI=1S/C8H10NO/c1-2-9(10)8-6-4-3-5-7-8/h4-7,10H,2H2,1H3. The molecule has 0 spiro atoms. The summed E-state index contributed by atoms with van der Waals surface area (Å²) in [6.45, 7) is 2.49. The van der Waals surface area contributed by atoms with Gasteiger partial charge in [-0.2, -0.15) is 0 Å². The van der Waals surface area contributed by atoms with Crippen LogP contribution in [0.15, 0.2) is 24.3 Å². The Morgan fingerprint density at radius 1 is 1.50 bits per heavy atom. The molecule has 1 aromatic rings. The number of benzene rings is 1. The summed E-state index contributed by atoms with van der Waals surface area (Å²) < 4.78 is 0. The van der Waals surface area contributed by atoms with E-state index in [0.29, 0.717) is 6.54 Å². The third kappa shape index (κ3) is 1.48. The highest BCUT2D eigenvalue weighted by Gasteiger charge is 1.95. The van der Waals surface area contributed by atoms with Crippen molar-refractivity contribution in [2.75, 3.05) is 11.6 Å². The predicted octanol–water partition coefficient (Wildman–Crippen LogP) is 1.70. The minimum atomic E-state index is 0.601. The molecule has 0 amide bonds. The molecule has 2 nitrogen and oxygen atoms in total. The zero-order valence-electron chi connectivity index (χ0n) is 5.91. The highest BCUT2D eigenvalue weighted by molar-refractivity contribution is 5.42. The third-order valence-electron chi connectivity index (χ3n) is 1.30. The second-order valence-corrected chi connectivity index (χ2v) is 1.97. The van der Waals surface area contributed by atoms with E-state index >= 15 is 0 Å². The number of hydrogen-bond donors (Lipinski definition) is 1. The molecule has 0 aliphatic heterocycles. The van der Waals surface area contributed by atoms with Crippen LogP contribution in [0.4, 0.5) is 5.69 Å². The monoisotopic (exact) mass is 136 g/mol. The van der Waals surface area contributed by atoms with E-state index in [2.05, 4.69) is 6.07 Å². The summed E-state index contributed by atoms with van der Waals surface area (Å²) in [5, 5.41) is 10.3. The van der Waals surface area contributed by atoms with E-state index < -0.39 is 0 Å². The summed E-state index contributed by atoms with van der Waals surface area (Å²) in [6.07, 6.45) is 0. The molecule has 0 atom stereocenters. The van der Waals surface area contributed by atoms with Gasteiger partial charge in [0.15, 0.2) is 0 Å². The van der Waals surface area contributed by atoms with Crippen LogP contribution in [0.2, 0.25) is 0 Å². The normalized spacial score (nSPS) is 9.40. The molecular formula is C8H10NO. The molecule has 0 heterocycles. The van der Waals surface area contributed by atoms with Crippen molar-refractivity contribution in [1.29, 1.82) is 0 Å². The van der Waals surface area contributed by atoms with Crippen molar-refractivity contribution in [3.8, 4) is 0 Å². The Morgan fingerprint density at radius 2 is 2.10 bits per heavy atom. The van der Waals surface area contributed by atoms with Gasteiger partial charge in [-0.15, -0.1) is 0 Å². The maximum Gasteiger partial charge on any atom is 0.0634 e. The van der Waals surface area contributed by atoms with Crippen LogP contribution in [0.3, 0.4) is 0 Å². The first kappa shape index (κ1) is 7.09. The van der Waals surface area contributed by atoms with Crippen molar-refractivity contribution in [2.45, 2.75) is 6.92 Å². The van der Waals surface area contributed by atoms with Crippen molar-refractivity contribution in [3.63, 3.8) is 0 Å². The number of hydroxylamine groups is 1. The Balaban J connectivity index is 2.75. The Morgan fingerprint density at radius 3 is 2.60 bits per heavy atom. The molecular weight excluding hydrogens is 126 g/mol. The molecule has 0 fully saturated rings. The quantitative estimate of drug-likeness (QED) is 0.625. The Kier molecular flexibility index (Phi) is 2.29. The zero-order valence-corrected chi connectivity index (χ0v) is 5.91. The first-order valence-electron chi connectivity index (χ1n) is 3.27. The van der Waals surface area contributed by atoms with Gasteiger partial charge in [-0.3, -0.25) is 10.3 Å². The average molecular weight is 136 g/mol. The fourth-order valence-corrected chi connectivity index (χ4v) is 0.733. The fourth-order valence-electron chi connectivity index (χ4n) is 0.733. The van der Waals surface area contributed by atoms with Gasteiger partial charge < -0.3 is 0 Å². The van der Waals surface area contributed by atoms with Crippen LogP contribution in [0.25, 0.3) is 0 Å². The van der Waals surface area contributed by atoms with Gasteiger partial charge in [0.1, 0.15) is 0 Å². The second kappa shape index (κ2) is 3.22. The molecule has 0 bridgehead atoms. The van der Waals surface area contributed by atoms with Crippen LogP contribution in [-0.4, -0.2) is 11.8 Å². The molecule has 1 rings (SSSR count). The maximum atomic E-state index is 9.15. The van der Waals surface area contributed by atoms with E-state index in [0.717, 1.165) is 5.69 Å². The van der Waals surface area contributed by atoms with Crippen LogP contribution < -0.4 is 5.06 Å². The van der Waals surface area contributed by atoms with E-state index in [1.807, 2.05) is 19.1 Å². The van der Waals surface area contributed by atoms with E-state index in [4.69, 9.17) is 5.21 Å².